The van der Waals surface area contributed by atoms with E-state index in [2.05, 4.69) is 67.4 Å². The smallest absolute Gasteiger partial charge is 0.194 e. The highest BCUT2D eigenvalue weighted by Crippen LogP contribution is 2.22. The number of nitrogens with zero attached hydrogens (tertiary/aromatic N) is 2. The predicted molar refractivity (Wildman–Crippen MR) is 127 cm³/mol. The fraction of sp³-hybridized carbons (Fsp3) is 0.591. The Morgan fingerprint density at radius 3 is 2.56 bits per heavy atom. The average Bonchev–Trinajstić information content (AvgIpc) is 2.65. The Morgan fingerprint density at radius 2 is 2.00 bits per heavy atom. The summed E-state index contributed by atoms with van der Waals surface area (Å²) in [5.74, 6) is 2.09. The molecule has 27 heavy (non-hydrogen) atoms. The van der Waals surface area contributed by atoms with Gasteiger partial charge in [-0.3, -0.25) is 4.99 Å². The number of hydrogen-bond donors (Lipinski definition) is 2. The summed E-state index contributed by atoms with van der Waals surface area (Å²) >= 11 is 0. The van der Waals surface area contributed by atoms with Gasteiger partial charge in [0, 0.05) is 32.8 Å². The first-order valence-corrected chi connectivity index (χ1v) is 10.0. The van der Waals surface area contributed by atoms with E-state index in [1.807, 2.05) is 0 Å². The molecule has 1 heterocycles. The third-order valence-corrected chi connectivity index (χ3v) is 4.83. The van der Waals surface area contributed by atoms with Crippen LogP contribution in [-0.2, 0) is 0 Å². The summed E-state index contributed by atoms with van der Waals surface area (Å²) in [5, 5.41) is 12.8. The summed E-state index contributed by atoms with van der Waals surface area (Å²) in [5.41, 5.74) is 2.75. The molecular formula is C22H36IN3O. The third-order valence-electron chi connectivity index (χ3n) is 4.83. The maximum atomic E-state index is 9.32. The molecule has 0 saturated heterocycles. The van der Waals surface area contributed by atoms with Crippen molar-refractivity contribution < 1.29 is 5.11 Å². The number of aliphatic hydroxyl groups excluding tert-OH is 1. The second-order valence-corrected chi connectivity index (χ2v) is 7.49. The summed E-state index contributed by atoms with van der Waals surface area (Å²) in [6.45, 7) is 10.4. The van der Waals surface area contributed by atoms with Crippen molar-refractivity contribution in [3.63, 3.8) is 0 Å². The highest BCUT2D eigenvalue weighted by Gasteiger charge is 2.17. The normalized spacial score (nSPS) is 16.0. The van der Waals surface area contributed by atoms with Gasteiger partial charge in [0.15, 0.2) is 5.96 Å². The van der Waals surface area contributed by atoms with Crippen molar-refractivity contribution in [3.8, 4) is 0 Å². The fourth-order valence-corrected chi connectivity index (χ4v) is 3.55. The summed E-state index contributed by atoms with van der Waals surface area (Å²) in [7, 11) is 0. The van der Waals surface area contributed by atoms with Crippen molar-refractivity contribution >= 4 is 35.5 Å². The molecule has 5 heteroatoms. The molecule has 1 aliphatic heterocycles. The summed E-state index contributed by atoms with van der Waals surface area (Å²) in [6.07, 6.45) is 5.31. The van der Waals surface area contributed by atoms with Gasteiger partial charge in [-0.15, -0.1) is 24.0 Å². The second kappa shape index (κ2) is 13.2. The first kappa shape index (κ1) is 24.0. The zero-order valence-corrected chi connectivity index (χ0v) is 19.4. The van der Waals surface area contributed by atoms with E-state index in [4.69, 9.17) is 4.99 Å². The monoisotopic (exact) mass is 485 g/mol. The molecule has 0 aliphatic carbocycles. The van der Waals surface area contributed by atoms with Gasteiger partial charge in [-0.2, -0.15) is 0 Å². The lowest BCUT2D eigenvalue weighted by Crippen LogP contribution is -2.43. The number of hydrogen-bond acceptors (Lipinski definition) is 2. The van der Waals surface area contributed by atoms with Crippen molar-refractivity contribution in [2.75, 3.05) is 32.8 Å². The standard InChI is InChI=1S/C22H35N3O.HI/c1-4-23-22(24-17-19(12-15-26)16-18(2)3)25-13-10-21(11-14-25)20-8-6-5-7-9-20;/h5-10,18-19,26H,4,11-17H2,1-3H3,(H,23,24);1H. The van der Waals surface area contributed by atoms with Crippen LogP contribution >= 0.6 is 24.0 Å². The molecule has 1 aliphatic rings. The molecule has 0 amide bonds. The Labute approximate surface area is 182 Å². The molecule has 1 aromatic carbocycles. The zero-order chi connectivity index (χ0) is 18.8. The van der Waals surface area contributed by atoms with Gasteiger partial charge < -0.3 is 15.3 Å². The van der Waals surface area contributed by atoms with Gasteiger partial charge in [-0.05, 0) is 49.2 Å². The van der Waals surface area contributed by atoms with E-state index in [0.717, 1.165) is 51.4 Å². The molecule has 0 saturated carbocycles. The molecule has 0 aromatic heterocycles. The van der Waals surface area contributed by atoms with E-state index in [-0.39, 0.29) is 30.6 Å². The Balaban J connectivity index is 0.00000364. The average molecular weight is 485 g/mol. The Hall–Kier alpha value is -1.08. The molecule has 0 bridgehead atoms. The molecule has 2 rings (SSSR count). The lowest BCUT2D eigenvalue weighted by Gasteiger charge is -2.30. The predicted octanol–water partition coefficient (Wildman–Crippen LogP) is 4.40. The highest BCUT2D eigenvalue weighted by atomic mass is 127. The van der Waals surface area contributed by atoms with E-state index in [9.17, 15) is 5.11 Å². The molecule has 2 N–H and O–H groups in total. The van der Waals surface area contributed by atoms with Gasteiger partial charge in [0.05, 0.1) is 0 Å². The molecule has 0 spiro atoms. The Morgan fingerprint density at radius 1 is 1.26 bits per heavy atom. The molecular weight excluding hydrogens is 449 g/mol. The van der Waals surface area contributed by atoms with Gasteiger partial charge in [0.2, 0.25) is 0 Å². The van der Waals surface area contributed by atoms with Crippen LogP contribution < -0.4 is 5.32 Å². The molecule has 1 atom stereocenters. The molecule has 4 nitrogen and oxygen atoms in total. The minimum Gasteiger partial charge on any atom is -0.396 e. The summed E-state index contributed by atoms with van der Waals surface area (Å²) < 4.78 is 0. The molecule has 1 unspecified atom stereocenters. The van der Waals surface area contributed by atoms with Crippen LogP contribution in [0.3, 0.4) is 0 Å². The van der Waals surface area contributed by atoms with Gasteiger partial charge >= 0.3 is 0 Å². The number of aliphatic imine (C=N–C) groups is 1. The summed E-state index contributed by atoms with van der Waals surface area (Å²) in [6, 6.07) is 10.6. The fourth-order valence-electron chi connectivity index (χ4n) is 3.55. The van der Waals surface area contributed by atoms with Crippen LogP contribution in [0, 0.1) is 11.8 Å². The van der Waals surface area contributed by atoms with Crippen LogP contribution in [0.2, 0.25) is 0 Å². The van der Waals surface area contributed by atoms with E-state index >= 15 is 0 Å². The quantitative estimate of drug-likeness (QED) is 0.326. The van der Waals surface area contributed by atoms with E-state index in [1.165, 1.54) is 11.1 Å². The van der Waals surface area contributed by atoms with Crippen LogP contribution in [-0.4, -0.2) is 48.8 Å². The second-order valence-electron chi connectivity index (χ2n) is 7.49. The number of nitrogens with one attached hydrogen (secondary N) is 1. The largest absolute Gasteiger partial charge is 0.396 e. The lowest BCUT2D eigenvalue weighted by molar-refractivity contribution is 0.245. The molecule has 152 valence electrons. The number of benzene rings is 1. The molecule has 1 aromatic rings. The third kappa shape index (κ3) is 8.21. The van der Waals surface area contributed by atoms with E-state index in [0.29, 0.717) is 11.8 Å². The van der Waals surface area contributed by atoms with Crippen LogP contribution in [0.25, 0.3) is 5.57 Å². The van der Waals surface area contributed by atoms with Crippen molar-refractivity contribution in [2.45, 2.75) is 40.0 Å². The Bertz CT molecular complexity index is 586. The van der Waals surface area contributed by atoms with Crippen LogP contribution in [0.4, 0.5) is 0 Å². The first-order chi connectivity index (χ1) is 12.6. The molecule has 0 radical (unpaired) electrons. The van der Waals surface area contributed by atoms with Gasteiger partial charge in [0.1, 0.15) is 0 Å². The Kier molecular flexibility index (Phi) is 11.7. The lowest BCUT2D eigenvalue weighted by atomic mass is 9.94. The van der Waals surface area contributed by atoms with E-state index < -0.39 is 0 Å². The summed E-state index contributed by atoms with van der Waals surface area (Å²) in [4.78, 5) is 7.23. The minimum absolute atomic E-state index is 0. The number of aliphatic hydroxyl groups is 1. The van der Waals surface area contributed by atoms with Crippen LogP contribution in [0.15, 0.2) is 41.4 Å². The SMILES string of the molecule is CCNC(=NCC(CCO)CC(C)C)N1CC=C(c2ccccc2)CC1.I. The van der Waals surface area contributed by atoms with Crippen molar-refractivity contribution in [3.05, 3.63) is 42.0 Å². The zero-order valence-electron chi connectivity index (χ0n) is 17.0. The van der Waals surface area contributed by atoms with Crippen molar-refractivity contribution in [1.29, 1.82) is 0 Å². The van der Waals surface area contributed by atoms with Gasteiger partial charge in [-0.25, -0.2) is 0 Å². The number of rotatable bonds is 8. The van der Waals surface area contributed by atoms with E-state index in [1.54, 1.807) is 0 Å². The van der Waals surface area contributed by atoms with Crippen LogP contribution in [0.1, 0.15) is 45.6 Å². The maximum Gasteiger partial charge on any atom is 0.194 e. The molecule has 0 fully saturated rings. The minimum atomic E-state index is 0. The van der Waals surface area contributed by atoms with Crippen molar-refractivity contribution in [1.82, 2.24) is 10.2 Å². The van der Waals surface area contributed by atoms with Gasteiger partial charge in [0.25, 0.3) is 0 Å². The topological polar surface area (TPSA) is 47.9 Å². The first-order valence-electron chi connectivity index (χ1n) is 10.0. The number of guanidine groups is 1. The van der Waals surface area contributed by atoms with Crippen LogP contribution in [0.5, 0.6) is 0 Å². The van der Waals surface area contributed by atoms with Gasteiger partial charge in [-0.1, -0.05) is 50.3 Å². The van der Waals surface area contributed by atoms with Crippen molar-refractivity contribution in [2.24, 2.45) is 16.8 Å². The maximum absolute atomic E-state index is 9.32. The highest BCUT2D eigenvalue weighted by molar-refractivity contribution is 14.0. The number of halogens is 1.